The Morgan fingerprint density at radius 2 is 0.917 bits per heavy atom. The third-order valence-corrected chi connectivity index (χ3v) is 10.2. The molecule has 0 amide bonds. The summed E-state index contributed by atoms with van der Waals surface area (Å²) in [6, 6.07) is 56.5. The zero-order valence-electron chi connectivity index (χ0n) is 25.8. The van der Waals surface area contributed by atoms with Crippen molar-refractivity contribution in [2.24, 2.45) is 0 Å². The Morgan fingerprint density at radius 1 is 0.312 bits per heavy atom. The molecule has 2 nitrogen and oxygen atoms in total. The van der Waals surface area contributed by atoms with Gasteiger partial charge >= 0.3 is 0 Å². The third-order valence-electron chi connectivity index (χ3n) is 10.2. The van der Waals surface area contributed by atoms with E-state index in [4.69, 9.17) is 8.83 Å². The molecule has 0 fully saturated rings. The standard InChI is InChI=1S/C46H26O2/c1-2-12-27(13-3-1)41-31-16-6-8-18-33(31)43(34-19-9-7-17-32(34)41)37-25-30-22-23-39-44(35-20-10-11-21-38(35)47-39)42(30)45-36-24-28-14-4-5-15-29(28)26-40(36)48-46(37)45/h1-26H. The monoisotopic (exact) mass is 610 g/mol. The van der Waals surface area contributed by atoms with Crippen molar-refractivity contribution in [1.82, 2.24) is 0 Å². The van der Waals surface area contributed by atoms with Gasteiger partial charge in [0.15, 0.2) is 0 Å². The molecule has 2 heteroatoms. The summed E-state index contributed by atoms with van der Waals surface area (Å²) in [4.78, 5) is 0. The summed E-state index contributed by atoms with van der Waals surface area (Å²) < 4.78 is 13.5. The van der Waals surface area contributed by atoms with Gasteiger partial charge in [0.25, 0.3) is 0 Å². The minimum Gasteiger partial charge on any atom is -0.456 e. The van der Waals surface area contributed by atoms with Crippen molar-refractivity contribution in [3.8, 4) is 22.3 Å². The average Bonchev–Trinajstić information content (AvgIpc) is 3.71. The number of hydrogen-bond donors (Lipinski definition) is 0. The maximum atomic E-state index is 7.07. The molecular weight excluding hydrogens is 585 g/mol. The minimum absolute atomic E-state index is 0.885. The Morgan fingerprint density at radius 3 is 1.65 bits per heavy atom. The van der Waals surface area contributed by atoms with Gasteiger partial charge in [0, 0.05) is 38.1 Å². The van der Waals surface area contributed by atoms with Gasteiger partial charge in [-0.05, 0) is 79.2 Å². The second kappa shape index (κ2) is 9.57. The first kappa shape index (κ1) is 25.8. The van der Waals surface area contributed by atoms with Crippen LogP contribution in [0, 0.1) is 0 Å². The van der Waals surface area contributed by atoms with Gasteiger partial charge in [-0.25, -0.2) is 0 Å². The van der Waals surface area contributed by atoms with Gasteiger partial charge in [-0.15, -0.1) is 0 Å². The average molecular weight is 611 g/mol. The normalized spacial score (nSPS) is 12.2. The van der Waals surface area contributed by atoms with Crippen molar-refractivity contribution in [2.45, 2.75) is 0 Å². The molecule has 11 rings (SSSR count). The lowest BCUT2D eigenvalue weighted by atomic mass is 9.84. The summed E-state index contributed by atoms with van der Waals surface area (Å²) >= 11 is 0. The Balaban J connectivity index is 1.39. The molecule has 0 bridgehead atoms. The smallest absolute Gasteiger partial charge is 0.143 e. The Bertz CT molecular complexity index is 3050. The maximum Gasteiger partial charge on any atom is 0.143 e. The molecule has 0 N–H and O–H groups in total. The van der Waals surface area contributed by atoms with Gasteiger partial charge in [-0.1, -0.05) is 127 Å². The number of hydrogen-bond acceptors (Lipinski definition) is 2. The fraction of sp³-hybridized carbons (Fsp3) is 0. The summed E-state index contributed by atoms with van der Waals surface area (Å²) in [5, 5.41) is 14.0. The van der Waals surface area contributed by atoms with E-state index in [2.05, 4.69) is 152 Å². The molecule has 48 heavy (non-hydrogen) atoms. The molecule has 0 unspecified atom stereocenters. The molecule has 0 atom stereocenters. The number of fused-ring (bicyclic) bond motifs is 12. The molecule has 0 saturated heterocycles. The first-order valence-corrected chi connectivity index (χ1v) is 16.4. The van der Waals surface area contributed by atoms with Crippen LogP contribution in [0.2, 0.25) is 0 Å². The van der Waals surface area contributed by atoms with Gasteiger partial charge in [0.2, 0.25) is 0 Å². The van der Waals surface area contributed by atoms with E-state index >= 15 is 0 Å². The summed E-state index contributed by atoms with van der Waals surface area (Å²) in [5.41, 5.74) is 8.31. The molecule has 0 aliphatic rings. The second-order valence-electron chi connectivity index (χ2n) is 12.8. The van der Waals surface area contributed by atoms with Crippen molar-refractivity contribution < 1.29 is 8.83 Å². The van der Waals surface area contributed by atoms with Crippen LogP contribution in [-0.4, -0.2) is 0 Å². The summed E-state index contributed by atoms with van der Waals surface area (Å²) in [7, 11) is 0. The van der Waals surface area contributed by atoms with E-state index in [0.29, 0.717) is 0 Å². The summed E-state index contributed by atoms with van der Waals surface area (Å²) in [5.74, 6) is 0. The molecule has 11 aromatic rings. The molecule has 0 aliphatic carbocycles. The zero-order chi connectivity index (χ0) is 31.3. The highest BCUT2D eigenvalue weighted by Gasteiger charge is 2.24. The molecular formula is C46H26O2. The highest BCUT2D eigenvalue weighted by molar-refractivity contribution is 6.35. The van der Waals surface area contributed by atoms with Crippen LogP contribution in [0.15, 0.2) is 167 Å². The van der Waals surface area contributed by atoms with Crippen molar-refractivity contribution in [3.05, 3.63) is 158 Å². The van der Waals surface area contributed by atoms with Crippen LogP contribution < -0.4 is 0 Å². The second-order valence-corrected chi connectivity index (χ2v) is 12.8. The molecule has 0 spiro atoms. The minimum atomic E-state index is 0.885. The van der Waals surface area contributed by atoms with Crippen LogP contribution in [0.5, 0.6) is 0 Å². The lowest BCUT2D eigenvalue weighted by Gasteiger charge is -2.18. The van der Waals surface area contributed by atoms with Gasteiger partial charge in [-0.3, -0.25) is 0 Å². The highest BCUT2D eigenvalue weighted by atomic mass is 16.3. The maximum absolute atomic E-state index is 7.07. The van der Waals surface area contributed by atoms with E-state index < -0.39 is 0 Å². The van der Waals surface area contributed by atoms with E-state index in [-0.39, 0.29) is 0 Å². The number of benzene rings is 9. The Kier molecular flexibility index (Phi) is 5.14. The summed E-state index contributed by atoms with van der Waals surface area (Å²) in [6.07, 6.45) is 0. The first-order chi connectivity index (χ1) is 23.8. The van der Waals surface area contributed by atoms with Crippen LogP contribution in [0.1, 0.15) is 0 Å². The Labute approximate surface area is 275 Å². The largest absolute Gasteiger partial charge is 0.456 e. The molecule has 2 aromatic heterocycles. The van der Waals surface area contributed by atoms with Crippen LogP contribution in [0.4, 0.5) is 0 Å². The van der Waals surface area contributed by atoms with E-state index in [1.807, 2.05) is 6.07 Å². The van der Waals surface area contributed by atoms with Crippen LogP contribution >= 0.6 is 0 Å². The predicted octanol–water partition coefficient (Wildman–Crippen LogP) is 13.4. The molecule has 0 saturated carbocycles. The lowest BCUT2D eigenvalue weighted by molar-refractivity contribution is 0.669. The lowest BCUT2D eigenvalue weighted by Crippen LogP contribution is -1.91. The van der Waals surface area contributed by atoms with Crippen LogP contribution in [-0.2, 0) is 0 Å². The summed E-state index contributed by atoms with van der Waals surface area (Å²) in [6.45, 7) is 0. The van der Waals surface area contributed by atoms with Crippen molar-refractivity contribution in [2.75, 3.05) is 0 Å². The van der Waals surface area contributed by atoms with Crippen molar-refractivity contribution >= 4 is 87.0 Å². The quantitative estimate of drug-likeness (QED) is 0.182. The first-order valence-electron chi connectivity index (χ1n) is 16.4. The fourth-order valence-electron chi connectivity index (χ4n) is 8.18. The molecule has 222 valence electrons. The van der Waals surface area contributed by atoms with E-state index in [1.54, 1.807) is 0 Å². The highest BCUT2D eigenvalue weighted by Crippen LogP contribution is 2.50. The zero-order valence-corrected chi connectivity index (χ0v) is 25.8. The van der Waals surface area contributed by atoms with E-state index in [1.165, 1.54) is 49.0 Å². The number of furan rings is 2. The predicted molar refractivity (Wildman–Crippen MR) is 202 cm³/mol. The number of para-hydroxylation sites is 1. The third kappa shape index (κ3) is 3.46. The van der Waals surface area contributed by atoms with Gasteiger partial charge in [0.1, 0.15) is 22.3 Å². The van der Waals surface area contributed by atoms with Crippen molar-refractivity contribution in [1.29, 1.82) is 0 Å². The number of rotatable bonds is 2. The molecule has 0 radical (unpaired) electrons. The molecule has 2 heterocycles. The fourth-order valence-corrected chi connectivity index (χ4v) is 8.18. The molecule has 9 aromatic carbocycles. The topological polar surface area (TPSA) is 26.3 Å². The van der Waals surface area contributed by atoms with Crippen molar-refractivity contribution in [3.63, 3.8) is 0 Å². The van der Waals surface area contributed by atoms with Gasteiger partial charge in [0.05, 0.1) is 0 Å². The van der Waals surface area contributed by atoms with Gasteiger partial charge < -0.3 is 8.83 Å². The molecule has 0 aliphatic heterocycles. The Hall–Kier alpha value is -6.38. The SMILES string of the molecule is c1ccc(-c2c3ccccc3c(-c3cc4ccc5oc6ccccc6c5c4c4c3oc3cc5ccccc5cc34)c3ccccc23)cc1. The van der Waals surface area contributed by atoms with Crippen LogP contribution in [0.25, 0.3) is 109 Å². The van der Waals surface area contributed by atoms with Gasteiger partial charge in [-0.2, -0.15) is 0 Å². The van der Waals surface area contributed by atoms with E-state index in [0.717, 1.165) is 60.2 Å². The van der Waals surface area contributed by atoms with E-state index in [9.17, 15) is 0 Å². The van der Waals surface area contributed by atoms with Crippen LogP contribution in [0.3, 0.4) is 0 Å².